The summed E-state index contributed by atoms with van der Waals surface area (Å²) in [5.74, 6) is -0.798. The lowest BCUT2D eigenvalue weighted by atomic mass is 10.0. The number of hydrogen-bond acceptors (Lipinski definition) is 7. The molecule has 0 fully saturated rings. The average molecular weight is 1080 g/mol. The van der Waals surface area contributed by atoms with E-state index in [-0.39, 0.29) is 32.0 Å². The molecule has 438 valence electrons. The average Bonchev–Trinajstić information content (AvgIpc) is 3.38. The van der Waals surface area contributed by atoms with Gasteiger partial charge in [-0.2, -0.15) is 0 Å². The molecule has 0 radical (unpaired) electrons. The number of quaternary nitrogens is 1. The van der Waals surface area contributed by atoms with E-state index in [9.17, 15) is 19.0 Å². The molecule has 1 N–H and O–H groups in total. The van der Waals surface area contributed by atoms with E-state index in [2.05, 4.69) is 111 Å². The molecular weight excluding hydrogens is 966 g/mol. The summed E-state index contributed by atoms with van der Waals surface area (Å²) in [6, 6.07) is 0. The number of esters is 2. The molecule has 0 aliphatic rings. The number of phosphoric ester groups is 1. The first-order valence-electron chi connectivity index (χ1n) is 31.0. The Morgan fingerprint density at radius 2 is 0.750 bits per heavy atom. The van der Waals surface area contributed by atoms with Crippen molar-refractivity contribution >= 4 is 19.8 Å². The number of phosphoric acid groups is 1. The highest BCUT2D eigenvalue weighted by atomic mass is 31.2. The summed E-state index contributed by atoms with van der Waals surface area (Å²) >= 11 is 0. The second-order valence-electron chi connectivity index (χ2n) is 21.7. The smallest absolute Gasteiger partial charge is 0.462 e. The van der Waals surface area contributed by atoms with Crippen molar-refractivity contribution in [1.82, 2.24) is 0 Å². The molecule has 0 aromatic rings. The van der Waals surface area contributed by atoms with Gasteiger partial charge in [-0.1, -0.05) is 265 Å². The van der Waals surface area contributed by atoms with Gasteiger partial charge in [-0.05, 0) is 77.0 Å². The van der Waals surface area contributed by atoms with E-state index in [1.807, 2.05) is 21.1 Å². The number of rotatable bonds is 56. The van der Waals surface area contributed by atoms with Crippen molar-refractivity contribution in [2.24, 2.45) is 0 Å². The van der Waals surface area contributed by atoms with Crippen LogP contribution in [-0.2, 0) is 32.7 Å². The highest BCUT2D eigenvalue weighted by Crippen LogP contribution is 2.43. The predicted octanol–water partition coefficient (Wildman–Crippen LogP) is 19.6. The van der Waals surface area contributed by atoms with Crippen LogP contribution >= 0.6 is 7.82 Å². The molecule has 0 aromatic heterocycles. The quantitative estimate of drug-likeness (QED) is 0.0211. The fourth-order valence-electron chi connectivity index (χ4n) is 8.39. The molecule has 0 aromatic carbocycles. The lowest BCUT2D eigenvalue weighted by Gasteiger charge is -2.24. The second-order valence-corrected chi connectivity index (χ2v) is 23.2. The Bertz CT molecular complexity index is 1600. The van der Waals surface area contributed by atoms with Gasteiger partial charge in [0, 0.05) is 12.8 Å². The number of allylic oxidation sites excluding steroid dienone is 16. The Morgan fingerprint density at radius 3 is 1.12 bits per heavy atom. The molecule has 2 unspecified atom stereocenters. The molecule has 0 aliphatic heterocycles. The van der Waals surface area contributed by atoms with Gasteiger partial charge in [-0.15, -0.1) is 0 Å². The Labute approximate surface area is 468 Å². The topological polar surface area (TPSA) is 108 Å². The molecule has 0 saturated heterocycles. The van der Waals surface area contributed by atoms with E-state index in [0.717, 1.165) is 96.3 Å². The van der Waals surface area contributed by atoms with Crippen molar-refractivity contribution in [3.63, 3.8) is 0 Å². The van der Waals surface area contributed by atoms with Crippen molar-refractivity contribution in [1.29, 1.82) is 0 Å². The molecule has 0 heterocycles. The normalized spacial score (nSPS) is 13.9. The first-order valence-corrected chi connectivity index (χ1v) is 32.5. The van der Waals surface area contributed by atoms with Gasteiger partial charge >= 0.3 is 19.8 Å². The molecule has 9 nitrogen and oxygen atoms in total. The second kappa shape index (κ2) is 56.6. The van der Waals surface area contributed by atoms with Crippen LogP contribution in [0, 0.1) is 0 Å². The summed E-state index contributed by atoms with van der Waals surface area (Å²) in [4.78, 5) is 35.7. The fraction of sp³-hybridized carbons (Fsp3) is 0.727. The Morgan fingerprint density at radius 1 is 0.421 bits per heavy atom. The molecule has 0 aliphatic carbocycles. The van der Waals surface area contributed by atoms with Crippen LogP contribution in [0.15, 0.2) is 97.2 Å². The van der Waals surface area contributed by atoms with Crippen molar-refractivity contribution in [2.45, 2.75) is 264 Å². The van der Waals surface area contributed by atoms with Crippen molar-refractivity contribution in [2.75, 3.05) is 47.5 Å². The number of ether oxygens (including phenoxy) is 2. The largest absolute Gasteiger partial charge is 0.472 e. The van der Waals surface area contributed by atoms with Crippen molar-refractivity contribution < 1.29 is 42.1 Å². The predicted molar refractivity (Wildman–Crippen MR) is 325 cm³/mol. The summed E-state index contributed by atoms with van der Waals surface area (Å²) in [5.41, 5.74) is 0. The minimum absolute atomic E-state index is 0.0285. The van der Waals surface area contributed by atoms with E-state index < -0.39 is 26.5 Å². The third kappa shape index (κ3) is 60.2. The van der Waals surface area contributed by atoms with Crippen LogP contribution in [0.2, 0.25) is 0 Å². The van der Waals surface area contributed by atoms with E-state index in [1.165, 1.54) is 128 Å². The molecule has 0 rings (SSSR count). The fourth-order valence-corrected chi connectivity index (χ4v) is 9.13. The first-order chi connectivity index (χ1) is 37.0. The minimum atomic E-state index is -4.39. The summed E-state index contributed by atoms with van der Waals surface area (Å²) < 4.78 is 34.6. The van der Waals surface area contributed by atoms with Gasteiger partial charge in [0.05, 0.1) is 27.7 Å². The van der Waals surface area contributed by atoms with Crippen LogP contribution in [0.4, 0.5) is 0 Å². The number of carbonyl (C=O) groups excluding carboxylic acids is 2. The summed E-state index contributed by atoms with van der Waals surface area (Å²) in [6.45, 7) is 4.33. The summed E-state index contributed by atoms with van der Waals surface area (Å²) in [5, 5.41) is 0. The molecule has 0 bridgehead atoms. The molecule has 0 spiro atoms. The van der Waals surface area contributed by atoms with Gasteiger partial charge in [0.1, 0.15) is 19.8 Å². The highest BCUT2D eigenvalue weighted by Gasteiger charge is 2.27. The van der Waals surface area contributed by atoms with Gasteiger partial charge in [-0.3, -0.25) is 18.6 Å². The van der Waals surface area contributed by atoms with Gasteiger partial charge in [0.2, 0.25) is 0 Å². The minimum Gasteiger partial charge on any atom is -0.462 e. The number of likely N-dealkylation sites (N-methyl/N-ethyl adjacent to an activating group) is 1. The molecule has 0 amide bonds. The van der Waals surface area contributed by atoms with Gasteiger partial charge in [-0.25, -0.2) is 4.57 Å². The van der Waals surface area contributed by atoms with Crippen LogP contribution in [0.1, 0.15) is 258 Å². The van der Waals surface area contributed by atoms with Crippen LogP contribution in [0.3, 0.4) is 0 Å². The standard InChI is InChI=1S/C66H116NO8P/c1-6-8-10-12-14-16-18-20-22-24-25-26-27-28-29-30-31-32-33-34-35-36-37-38-39-40-41-43-45-47-49-51-53-55-57-59-66(69)75-64(63-74-76(70,71)73-61-60-67(3,4)5)62-72-65(68)58-56-54-52-50-48-46-44-42-23-21-19-17-15-13-11-9-7-2/h8,10,14,16,20,22,25-26,28-29,31-32,34-35,37-38,64H,6-7,9,11-13,15,17-19,21,23-24,27,30,33,36,39-63H2,1-5H3/p+1/b10-8-,16-14-,22-20-,26-25-,29-28-,32-31-,35-34-,38-37-. The third-order valence-electron chi connectivity index (χ3n) is 13.1. The number of hydrogen-bond donors (Lipinski definition) is 1. The van der Waals surface area contributed by atoms with Gasteiger partial charge < -0.3 is 18.9 Å². The number of nitrogens with zero attached hydrogens (tertiary/aromatic N) is 1. The summed E-state index contributed by atoms with van der Waals surface area (Å²) in [7, 11) is 1.47. The zero-order valence-corrected chi connectivity index (χ0v) is 50.6. The van der Waals surface area contributed by atoms with E-state index in [4.69, 9.17) is 18.5 Å². The van der Waals surface area contributed by atoms with E-state index >= 15 is 0 Å². The first kappa shape index (κ1) is 72.9. The van der Waals surface area contributed by atoms with Crippen molar-refractivity contribution in [3.05, 3.63) is 97.2 Å². The third-order valence-corrected chi connectivity index (χ3v) is 14.1. The molecule has 10 heteroatoms. The van der Waals surface area contributed by atoms with Crippen LogP contribution < -0.4 is 0 Å². The Hall–Kier alpha value is -3.07. The van der Waals surface area contributed by atoms with E-state index in [0.29, 0.717) is 17.4 Å². The van der Waals surface area contributed by atoms with Crippen molar-refractivity contribution in [3.8, 4) is 0 Å². The zero-order valence-electron chi connectivity index (χ0n) is 49.7. The summed E-state index contributed by atoms with van der Waals surface area (Å²) in [6.07, 6.45) is 77.7. The van der Waals surface area contributed by atoms with E-state index in [1.54, 1.807) is 0 Å². The monoisotopic (exact) mass is 1080 g/mol. The molecule has 2 atom stereocenters. The molecular formula is C66H117NO8P+. The highest BCUT2D eigenvalue weighted by molar-refractivity contribution is 7.47. The van der Waals surface area contributed by atoms with Gasteiger partial charge in [0.25, 0.3) is 0 Å². The maximum atomic E-state index is 12.8. The zero-order chi connectivity index (χ0) is 55.6. The number of unbranched alkanes of at least 4 members (excludes halogenated alkanes) is 26. The number of carbonyl (C=O) groups is 2. The van der Waals surface area contributed by atoms with Crippen LogP contribution in [-0.4, -0.2) is 74.9 Å². The van der Waals surface area contributed by atoms with Gasteiger partial charge in [0.15, 0.2) is 6.10 Å². The SMILES string of the molecule is CC/C=C\C/C=C\C/C=C\C/C=C\C/C=C\C/C=C\C/C=C\C/C=C\CCCCCCCCCCCCC(=O)OC(COC(=O)CCCCCCCCCCCCCCCCCCC)COP(=O)(O)OCC[N+](C)(C)C. The molecule has 0 saturated carbocycles. The van der Waals surface area contributed by atoms with Crippen LogP contribution in [0.5, 0.6) is 0 Å². The lowest BCUT2D eigenvalue weighted by Crippen LogP contribution is -2.37. The molecule has 76 heavy (non-hydrogen) atoms. The Balaban J connectivity index is 4.12. The Kier molecular flexibility index (Phi) is 54.4. The maximum absolute atomic E-state index is 12.8. The lowest BCUT2D eigenvalue weighted by molar-refractivity contribution is -0.870. The van der Waals surface area contributed by atoms with Crippen LogP contribution in [0.25, 0.3) is 0 Å². The maximum Gasteiger partial charge on any atom is 0.472 e.